The number of nitrogens with zero attached hydrogens (tertiary/aromatic N) is 1. The Kier molecular flexibility index (Phi) is 4.71. The molecule has 4 heterocycles. The first kappa shape index (κ1) is 18.8. The van der Waals surface area contributed by atoms with Crippen LogP contribution in [0.1, 0.15) is 34.3 Å². The van der Waals surface area contributed by atoms with Gasteiger partial charge in [0.2, 0.25) is 5.91 Å². The van der Waals surface area contributed by atoms with Crippen molar-refractivity contribution in [3.05, 3.63) is 57.8 Å². The molecule has 152 valence electrons. The summed E-state index contributed by atoms with van der Waals surface area (Å²) in [5, 5.41) is 7.00. The first-order valence-electron chi connectivity index (χ1n) is 10.4. The minimum absolute atomic E-state index is 0.0559. The van der Waals surface area contributed by atoms with Crippen LogP contribution in [0.3, 0.4) is 0 Å². The highest BCUT2D eigenvalue weighted by Gasteiger charge is 2.63. The molecule has 3 fully saturated rings. The lowest BCUT2D eigenvalue weighted by molar-refractivity contribution is -0.120. The van der Waals surface area contributed by atoms with Gasteiger partial charge in [-0.1, -0.05) is 24.3 Å². The molecule has 0 unspecified atom stereocenters. The molecule has 2 bridgehead atoms. The van der Waals surface area contributed by atoms with E-state index in [1.807, 2.05) is 52.9 Å². The summed E-state index contributed by atoms with van der Waals surface area (Å²) in [7, 11) is 0. The monoisotopic (exact) mass is 410 g/mol. The van der Waals surface area contributed by atoms with E-state index >= 15 is 0 Å². The second-order valence-corrected chi connectivity index (χ2v) is 9.42. The van der Waals surface area contributed by atoms with Crippen LogP contribution in [0.2, 0.25) is 0 Å². The Hall–Kier alpha value is -2.18. The van der Waals surface area contributed by atoms with Crippen LogP contribution in [0.5, 0.6) is 0 Å². The van der Waals surface area contributed by atoms with Gasteiger partial charge in [0, 0.05) is 30.3 Å². The predicted octanol–water partition coefficient (Wildman–Crippen LogP) is 3.04. The van der Waals surface area contributed by atoms with Gasteiger partial charge in [-0.15, -0.1) is 0 Å². The van der Waals surface area contributed by atoms with E-state index in [9.17, 15) is 9.59 Å². The number of hydrogen-bond donors (Lipinski definition) is 1. The molecular formula is C23H26N2O3S. The van der Waals surface area contributed by atoms with Gasteiger partial charge in [-0.3, -0.25) is 9.59 Å². The molecular weight excluding hydrogens is 384 g/mol. The fourth-order valence-electron chi connectivity index (χ4n) is 5.46. The Morgan fingerprint density at radius 2 is 2.17 bits per heavy atom. The molecule has 0 saturated carbocycles. The number of benzene rings is 1. The lowest BCUT2D eigenvalue weighted by atomic mass is 9.73. The van der Waals surface area contributed by atoms with Crippen LogP contribution in [0.15, 0.2) is 41.1 Å². The van der Waals surface area contributed by atoms with E-state index in [1.54, 1.807) is 11.3 Å². The van der Waals surface area contributed by atoms with Crippen LogP contribution < -0.4 is 5.32 Å². The Balaban J connectivity index is 1.23. The largest absolute Gasteiger partial charge is 0.369 e. The van der Waals surface area contributed by atoms with E-state index in [0.29, 0.717) is 25.4 Å². The van der Waals surface area contributed by atoms with Crippen molar-refractivity contribution >= 4 is 23.2 Å². The van der Waals surface area contributed by atoms with Gasteiger partial charge in [0.05, 0.1) is 30.2 Å². The molecule has 5 rings (SSSR count). The number of amides is 2. The molecule has 0 aliphatic carbocycles. The molecule has 5 nitrogen and oxygen atoms in total. The maximum absolute atomic E-state index is 12.8. The summed E-state index contributed by atoms with van der Waals surface area (Å²) in [4.78, 5) is 27.3. The average molecular weight is 411 g/mol. The third-order valence-corrected chi connectivity index (χ3v) is 7.67. The number of fused-ring (bicyclic) bond motifs is 1. The van der Waals surface area contributed by atoms with Crippen LogP contribution >= 0.6 is 11.3 Å². The number of nitrogens with one attached hydrogen (secondary N) is 1. The van der Waals surface area contributed by atoms with Crippen molar-refractivity contribution in [2.75, 3.05) is 19.6 Å². The number of likely N-dealkylation sites (tertiary alicyclic amines) is 1. The molecule has 0 radical (unpaired) electrons. The zero-order valence-corrected chi connectivity index (χ0v) is 17.4. The minimum atomic E-state index is -0.207. The minimum Gasteiger partial charge on any atom is -0.369 e. The van der Waals surface area contributed by atoms with Gasteiger partial charge in [-0.2, -0.15) is 11.3 Å². The topological polar surface area (TPSA) is 58.6 Å². The number of thiophene rings is 1. The third-order valence-electron chi connectivity index (χ3n) is 6.99. The van der Waals surface area contributed by atoms with Gasteiger partial charge in [0.25, 0.3) is 5.91 Å². The summed E-state index contributed by atoms with van der Waals surface area (Å²) in [6.07, 6.45) is 2.65. The lowest BCUT2D eigenvalue weighted by Gasteiger charge is -2.29. The molecule has 2 aromatic rings. The normalized spacial score (nSPS) is 29.8. The number of hydrogen-bond acceptors (Lipinski definition) is 4. The molecule has 1 aromatic carbocycles. The summed E-state index contributed by atoms with van der Waals surface area (Å²) >= 11 is 1.55. The van der Waals surface area contributed by atoms with Crippen molar-refractivity contribution in [2.24, 2.45) is 11.8 Å². The standard InChI is InChI=1S/C23H26N2O3S/c1-15-4-2-3-5-16(15)10-21(26)24-11-18-19-12-25(22(27)17-7-9-29-13-17)14-23(19)8-6-20(18)28-23/h2-5,7,9,13,18-20H,6,8,10-12,14H2,1H3,(H,24,26)/t18-,19+,20+,23+/m0/s1. The summed E-state index contributed by atoms with van der Waals surface area (Å²) in [6.45, 7) is 4.07. The van der Waals surface area contributed by atoms with Gasteiger partial charge in [-0.05, 0) is 42.3 Å². The Bertz CT molecular complexity index is 928. The fourth-order valence-corrected chi connectivity index (χ4v) is 6.09. The molecule has 2 amide bonds. The second kappa shape index (κ2) is 7.26. The van der Waals surface area contributed by atoms with Crippen LogP contribution in [0.4, 0.5) is 0 Å². The fraction of sp³-hybridized carbons (Fsp3) is 0.478. The van der Waals surface area contributed by atoms with Crippen molar-refractivity contribution in [1.29, 1.82) is 0 Å². The second-order valence-electron chi connectivity index (χ2n) is 8.64. The van der Waals surface area contributed by atoms with Crippen LogP contribution in [0.25, 0.3) is 0 Å². The van der Waals surface area contributed by atoms with Crippen molar-refractivity contribution in [2.45, 2.75) is 37.9 Å². The number of aryl methyl sites for hydroxylation is 1. The van der Waals surface area contributed by atoms with Crippen LogP contribution in [0, 0.1) is 18.8 Å². The van der Waals surface area contributed by atoms with Gasteiger partial charge in [-0.25, -0.2) is 0 Å². The summed E-state index contributed by atoms with van der Waals surface area (Å²) < 4.78 is 6.42. The SMILES string of the molecule is Cc1ccccc1CC(=O)NC[C@H]1[C@H]2CN(C(=O)c3ccsc3)C[C@]23CC[C@H]1O3. The van der Waals surface area contributed by atoms with Crippen molar-refractivity contribution in [3.63, 3.8) is 0 Å². The molecule has 1 N–H and O–H groups in total. The zero-order chi connectivity index (χ0) is 20.0. The molecule has 3 saturated heterocycles. The number of carbonyl (C=O) groups is 2. The quantitative estimate of drug-likeness (QED) is 0.824. The van der Waals surface area contributed by atoms with Gasteiger partial charge in [0.1, 0.15) is 0 Å². The van der Waals surface area contributed by atoms with E-state index < -0.39 is 0 Å². The highest BCUT2D eigenvalue weighted by molar-refractivity contribution is 7.08. The van der Waals surface area contributed by atoms with Crippen molar-refractivity contribution in [3.8, 4) is 0 Å². The molecule has 3 aliphatic rings. The first-order chi connectivity index (χ1) is 14.1. The van der Waals surface area contributed by atoms with E-state index in [4.69, 9.17) is 4.74 Å². The molecule has 29 heavy (non-hydrogen) atoms. The predicted molar refractivity (Wildman–Crippen MR) is 112 cm³/mol. The van der Waals surface area contributed by atoms with E-state index in [1.165, 1.54) is 0 Å². The van der Waals surface area contributed by atoms with Gasteiger partial charge in [0.15, 0.2) is 0 Å². The van der Waals surface area contributed by atoms with Crippen molar-refractivity contribution < 1.29 is 14.3 Å². The van der Waals surface area contributed by atoms with Gasteiger partial charge < -0.3 is 15.0 Å². The van der Waals surface area contributed by atoms with Gasteiger partial charge >= 0.3 is 0 Å². The summed E-state index contributed by atoms with van der Waals surface area (Å²) in [5.74, 6) is 0.747. The van der Waals surface area contributed by atoms with Crippen molar-refractivity contribution in [1.82, 2.24) is 10.2 Å². The lowest BCUT2D eigenvalue weighted by Crippen LogP contribution is -2.42. The molecule has 3 aliphatic heterocycles. The Morgan fingerprint density at radius 3 is 2.97 bits per heavy atom. The molecule has 4 atom stereocenters. The van der Waals surface area contributed by atoms with E-state index in [2.05, 4.69) is 5.32 Å². The summed E-state index contributed by atoms with van der Waals surface area (Å²) in [6, 6.07) is 9.90. The molecule has 6 heteroatoms. The molecule has 1 aromatic heterocycles. The number of rotatable bonds is 5. The van der Waals surface area contributed by atoms with E-state index in [0.717, 1.165) is 36.1 Å². The third kappa shape index (κ3) is 3.28. The molecule has 1 spiro atoms. The zero-order valence-electron chi connectivity index (χ0n) is 16.6. The Morgan fingerprint density at radius 1 is 1.31 bits per heavy atom. The van der Waals surface area contributed by atoms with E-state index in [-0.39, 0.29) is 29.4 Å². The number of ether oxygens (including phenoxy) is 1. The highest BCUT2D eigenvalue weighted by atomic mass is 32.1. The number of carbonyl (C=O) groups excluding carboxylic acids is 2. The first-order valence-corrected chi connectivity index (χ1v) is 11.3. The highest BCUT2D eigenvalue weighted by Crippen LogP contribution is 2.54. The maximum Gasteiger partial charge on any atom is 0.254 e. The van der Waals surface area contributed by atoms with Crippen LogP contribution in [-0.4, -0.2) is 48.1 Å². The van der Waals surface area contributed by atoms with Crippen LogP contribution in [-0.2, 0) is 16.0 Å². The Labute approximate surface area is 175 Å². The average Bonchev–Trinajstić information content (AvgIpc) is 3.48. The summed E-state index contributed by atoms with van der Waals surface area (Å²) in [5.41, 5.74) is 2.77. The maximum atomic E-state index is 12.8. The smallest absolute Gasteiger partial charge is 0.254 e.